The van der Waals surface area contributed by atoms with Gasteiger partial charge in [0.1, 0.15) is 6.33 Å². The molecule has 0 radical (unpaired) electrons. The number of hydrogen-bond acceptors (Lipinski definition) is 6. The number of aryl methyl sites for hydroxylation is 2. The van der Waals surface area contributed by atoms with E-state index in [0.29, 0.717) is 5.69 Å². The van der Waals surface area contributed by atoms with E-state index >= 15 is 0 Å². The lowest BCUT2D eigenvalue weighted by molar-refractivity contribution is -0.383. The fourth-order valence-corrected chi connectivity index (χ4v) is 2.63. The predicted octanol–water partition coefficient (Wildman–Crippen LogP) is 4.77. The molecule has 3 aromatic rings. The summed E-state index contributed by atoms with van der Waals surface area (Å²) in [5, 5.41) is 17.1. The molecule has 27 heavy (non-hydrogen) atoms. The second-order valence-electron chi connectivity index (χ2n) is 5.93. The summed E-state index contributed by atoms with van der Waals surface area (Å²) in [6, 6.07) is 8.66. The van der Waals surface area contributed by atoms with Crippen molar-refractivity contribution in [1.82, 2.24) is 9.97 Å². The van der Waals surface area contributed by atoms with Gasteiger partial charge in [-0.3, -0.25) is 10.1 Å². The lowest BCUT2D eigenvalue weighted by Gasteiger charge is -2.11. The molecule has 3 rings (SSSR count). The van der Waals surface area contributed by atoms with Crippen molar-refractivity contribution in [2.75, 3.05) is 10.6 Å². The average Bonchev–Trinajstić information content (AvgIpc) is 2.57. The van der Waals surface area contributed by atoms with Crippen LogP contribution in [0.1, 0.15) is 11.1 Å². The van der Waals surface area contributed by atoms with E-state index in [0.717, 1.165) is 29.6 Å². The summed E-state index contributed by atoms with van der Waals surface area (Å²) in [6.07, 6.45) is 1.14. The molecule has 7 nitrogen and oxygen atoms in total. The molecular formula is C18H15F2N5O2. The lowest BCUT2D eigenvalue weighted by Crippen LogP contribution is -2.06. The third-order valence-corrected chi connectivity index (χ3v) is 3.67. The van der Waals surface area contributed by atoms with Gasteiger partial charge < -0.3 is 10.6 Å². The molecule has 138 valence electrons. The Kier molecular flexibility index (Phi) is 4.93. The van der Waals surface area contributed by atoms with E-state index in [9.17, 15) is 18.9 Å². The van der Waals surface area contributed by atoms with Crippen molar-refractivity contribution < 1.29 is 13.7 Å². The van der Waals surface area contributed by atoms with Crippen LogP contribution in [0.5, 0.6) is 0 Å². The summed E-state index contributed by atoms with van der Waals surface area (Å²) in [7, 11) is 0. The summed E-state index contributed by atoms with van der Waals surface area (Å²) >= 11 is 0. The van der Waals surface area contributed by atoms with Crippen LogP contribution in [0.3, 0.4) is 0 Å². The minimum atomic E-state index is -1.08. The molecule has 1 heterocycles. The zero-order chi connectivity index (χ0) is 19.6. The number of benzene rings is 2. The highest BCUT2D eigenvalue weighted by Crippen LogP contribution is 2.33. The van der Waals surface area contributed by atoms with Gasteiger partial charge in [-0.15, -0.1) is 0 Å². The van der Waals surface area contributed by atoms with E-state index in [2.05, 4.69) is 20.6 Å². The van der Waals surface area contributed by atoms with Gasteiger partial charge in [-0.1, -0.05) is 6.07 Å². The summed E-state index contributed by atoms with van der Waals surface area (Å²) in [4.78, 5) is 18.8. The van der Waals surface area contributed by atoms with Gasteiger partial charge in [0.05, 0.1) is 4.92 Å². The number of nitro groups is 1. The van der Waals surface area contributed by atoms with Gasteiger partial charge in [0, 0.05) is 17.4 Å². The van der Waals surface area contributed by atoms with Gasteiger partial charge in [0.25, 0.3) is 0 Å². The number of rotatable bonds is 5. The molecule has 0 atom stereocenters. The smallest absolute Gasteiger partial charge is 0.334 e. The Morgan fingerprint density at radius 2 is 1.48 bits per heavy atom. The van der Waals surface area contributed by atoms with Crippen molar-refractivity contribution in [2.45, 2.75) is 13.8 Å². The Balaban J connectivity index is 1.99. The van der Waals surface area contributed by atoms with E-state index in [-0.39, 0.29) is 17.3 Å². The molecule has 2 N–H and O–H groups in total. The van der Waals surface area contributed by atoms with Crippen LogP contribution in [0.15, 0.2) is 42.7 Å². The van der Waals surface area contributed by atoms with Crippen molar-refractivity contribution in [3.05, 3.63) is 75.6 Å². The molecular weight excluding hydrogens is 356 g/mol. The van der Waals surface area contributed by atoms with Gasteiger partial charge in [-0.25, -0.2) is 18.7 Å². The molecule has 0 saturated heterocycles. The average molecular weight is 371 g/mol. The van der Waals surface area contributed by atoms with Crippen molar-refractivity contribution in [2.24, 2.45) is 0 Å². The van der Waals surface area contributed by atoms with E-state index in [4.69, 9.17) is 0 Å². The van der Waals surface area contributed by atoms with E-state index in [1.54, 1.807) is 0 Å². The molecule has 0 unspecified atom stereocenters. The summed E-state index contributed by atoms with van der Waals surface area (Å²) in [6.45, 7) is 3.81. The third-order valence-electron chi connectivity index (χ3n) is 3.67. The van der Waals surface area contributed by atoms with Crippen LogP contribution < -0.4 is 10.6 Å². The first-order valence-electron chi connectivity index (χ1n) is 7.90. The molecule has 2 aromatic carbocycles. The fourth-order valence-electron chi connectivity index (χ4n) is 2.63. The van der Waals surface area contributed by atoms with E-state index < -0.39 is 22.2 Å². The van der Waals surface area contributed by atoms with Crippen molar-refractivity contribution >= 4 is 28.7 Å². The van der Waals surface area contributed by atoms with Gasteiger partial charge in [-0.05, 0) is 49.2 Å². The van der Waals surface area contributed by atoms with Crippen molar-refractivity contribution in [1.29, 1.82) is 0 Å². The standard InChI is InChI=1S/C18H15F2N5O2/c1-10-5-11(2)7-13(6-10)24-18-16(25(26)27)17(21-9-22-18)23-12-3-4-14(19)15(20)8-12/h3-9H,1-2H3,(H2,21,22,23,24). The Morgan fingerprint density at radius 1 is 0.889 bits per heavy atom. The number of anilines is 4. The van der Waals surface area contributed by atoms with Crippen molar-refractivity contribution in [3.63, 3.8) is 0 Å². The molecule has 0 bridgehead atoms. The van der Waals surface area contributed by atoms with Crippen LogP contribution in [-0.4, -0.2) is 14.9 Å². The first-order valence-corrected chi connectivity index (χ1v) is 7.90. The second kappa shape index (κ2) is 7.32. The van der Waals surface area contributed by atoms with Crippen LogP contribution in [0.25, 0.3) is 0 Å². The Bertz CT molecular complexity index is 1010. The topological polar surface area (TPSA) is 93.0 Å². The monoisotopic (exact) mass is 371 g/mol. The number of aromatic nitrogens is 2. The first-order chi connectivity index (χ1) is 12.8. The highest BCUT2D eigenvalue weighted by Gasteiger charge is 2.23. The molecule has 1 aromatic heterocycles. The SMILES string of the molecule is Cc1cc(C)cc(Nc2ncnc(Nc3ccc(F)c(F)c3)c2[N+](=O)[O-])c1. The zero-order valence-electron chi connectivity index (χ0n) is 14.5. The number of nitrogens with zero attached hydrogens (tertiary/aromatic N) is 3. The largest absolute Gasteiger partial charge is 0.353 e. The highest BCUT2D eigenvalue weighted by atomic mass is 19.2. The molecule has 0 fully saturated rings. The van der Waals surface area contributed by atoms with Gasteiger partial charge >= 0.3 is 5.69 Å². The minimum Gasteiger partial charge on any atom is -0.334 e. The quantitative estimate of drug-likeness (QED) is 0.496. The maximum atomic E-state index is 13.4. The summed E-state index contributed by atoms with van der Waals surface area (Å²) < 4.78 is 26.5. The second-order valence-corrected chi connectivity index (χ2v) is 5.93. The van der Waals surface area contributed by atoms with E-state index in [1.165, 1.54) is 6.07 Å². The Hall–Kier alpha value is -3.62. The third kappa shape index (κ3) is 4.14. The normalized spacial score (nSPS) is 10.5. The molecule has 0 saturated carbocycles. The van der Waals surface area contributed by atoms with E-state index in [1.807, 2.05) is 32.0 Å². The predicted molar refractivity (Wildman–Crippen MR) is 97.5 cm³/mol. The van der Waals surface area contributed by atoms with Gasteiger partial charge in [-0.2, -0.15) is 0 Å². The van der Waals surface area contributed by atoms with Crippen LogP contribution in [-0.2, 0) is 0 Å². The fraction of sp³-hybridized carbons (Fsp3) is 0.111. The molecule has 0 aliphatic carbocycles. The maximum absolute atomic E-state index is 13.4. The molecule has 0 amide bonds. The van der Waals surface area contributed by atoms with Gasteiger partial charge in [0.2, 0.25) is 11.6 Å². The van der Waals surface area contributed by atoms with Crippen LogP contribution in [0.2, 0.25) is 0 Å². The molecule has 0 spiro atoms. The van der Waals surface area contributed by atoms with Gasteiger partial charge in [0.15, 0.2) is 11.6 Å². The maximum Gasteiger partial charge on any atom is 0.353 e. The number of halogens is 2. The lowest BCUT2D eigenvalue weighted by atomic mass is 10.1. The summed E-state index contributed by atoms with van der Waals surface area (Å²) in [5.74, 6) is -2.27. The van der Waals surface area contributed by atoms with Crippen LogP contribution in [0.4, 0.5) is 37.5 Å². The first kappa shape index (κ1) is 18.2. The molecule has 9 heteroatoms. The number of hydrogen-bond donors (Lipinski definition) is 2. The minimum absolute atomic E-state index is 0.0231. The highest BCUT2D eigenvalue weighted by molar-refractivity contribution is 5.77. The van der Waals surface area contributed by atoms with Crippen LogP contribution >= 0.6 is 0 Å². The summed E-state index contributed by atoms with van der Waals surface area (Å²) in [5.41, 5.74) is 2.30. The van der Waals surface area contributed by atoms with Crippen LogP contribution in [0, 0.1) is 35.6 Å². The van der Waals surface area contributed by atoms with Crippen molar-refractivity contribution in [3.8, 4) is 0 Å². The molecule has 0 aliphatic heterocycles. The Morgan fingerprint density at radius 3 is 2.04 bits per heavy atom. The number of nitrogens with one attached hydrogen (secondary N) is 2. The Labute approximate surface area is 153 Å². The molecule has 0 aliphatic rings. The zero-order valence-corrected chi connectivity index (χ0v) is 14.5.